The first-order valence-corrected chi connectivity index (χ1v) is 8.72. The van der Waals surface area contributed by atoms with Gasteiger partial charge in [-0.2, -0.15) is 13.2 Å². The Morgan fingerprint density at radius 3 is 2.54 bits per heavy atom. The molecule has 4 heterocycles. The van der Waals surface area contributed by atoms with Crippen LogP contribution in [0.5, 0.6) is 0 Å². The molecular weight excluding hydrogens is 345 g/mol. The second kappa shape index (κ2) is 6.46. The number of benzene rings is 1. The largest absolute Gasteiger partial charge is 0.451 e. The first kappa shape index (κ1) is 17.1. The Balaban J connectivity index is 1.57. The zero-order valence-corrected chi connectivity index (χ0v) is 14.1. The fraction of sp³-hybridized carbons (Fsp3) is 0.421. The van der Waals surface area contributed by atoms with Crippen molar-refractivity contribution in [2.75, 3.05) is 26.2 Å². The minimum Gasteiger partial charge on any atom is -0.451 e. The molecule has 3 aliphatic rings. The molecule has 5 rings (SSSR count). The van der Waals surface area contributed by atoms with Crippen LogP contribution < -0.4 is 0 Å². The number of furan rings is 1. The molecule has 2 aromatic rings. The summed E-state index contributed by atoms with van der Waals surface area (Å²) in [7, 11) is 0. The Morgan fingerprint density at radius 2 is 1.81 bits per heavy atom. The standard InChI is InChI=1S/C19H19F3N2O2/c20-19(21,22)14-3-1-2-13(12-14)16-4-5-17(26-16)18(25)24-11-10-23-8-6-15(24)7-9-23/h1-5,12,15H,6-11H2. The van der Waals surface area contributed by atoms with Gasteiger partial charge in [-0.15, -0.1) is 0 Å². The van der Waals surface area contributed by atoms with Crippen LogP contribution in [-0.4, -0.2) is 47.9 Å². The second-order valence-electron chi connectivity index (χ2n) is 6.81. The summed E-state index contributed by atoms with van der Waals surface area (Å²) in [5.41, 5.74) is -0.431. The highest BCUT2D eigenvalue weighted by Gasteiger charge is 2.34. The summed E-state index contributed by atoms with van der Waals surface area (Å²) in [5, 5.41) is 0. The van der Waals surface area contributed by atoms with E-state index in [0.29, 0.717) is 12.1 Å². The van der Waals surface area contributed by atoms with E-state index in [1.807, 2.05) is 4.90 Å². The first-order valence-electron chi connectivity index (χ1n) is 8.72. The average Bonchev–Trinajstić information content (AvgIpc) is 2.94. The molecule has 7 heteroatoms. The lowest BCUT2D eigenvalue weighted by atomic mass is 10.1. The molecule has 138 valence electrons. The Labute approximate surface area is 149 Å². The molecule has 0 saturated carbocycles. The number of nitrogens with zero attached hydrogens (tertiary/aromatic N) is 2. The van der Waals surface area contributed by atoms with Gasteiger partial charge < -0.3 is 14.2 Å². The van der Waals surface area contributed by atoms with Gasteiger partial charge in [0.25, 0.3) is 5.91 Å². The Morgan fingerprint density at radius 1 is 1.04 bits per heavy atom. The molecule has 4 nitrogen and oxygen atoms in total. The number of rotatable bonds is 2. The summed E-state index contributed by atoms with van der Waals surface area (Å²) < 4.78 is 44.3. The third-order valence-corrected chi connectivity index (χ3v) is 5.21. The molecule has 3 aliphatic heterocycles. The van der Waals surface area contributed by atoms with Crippen LogP contribution in [0.15, 0.2) is 40.8 Å². The summed E-state index contributed by atoms with van der Waals surface area (Å²) in [6, 6.07) is 8.25. The molecule has 0 atom stereocenters. The lowest BCUT2D eigenvalue weighted by Gasteiger charge is -2.30. The lowest BCUT2D eigenvalue weighted by Crippen LogP contribution is -2.41. The summed E-state index contributed by atoms with van der Waals surface area (Å²) in [6.45, 7) is 3.51. The predicted octanol–water partition coefficient (Wildman–Crippen LogP) is 3.89. The van der Waals surface area contributed by atoms with Crippen molar-refractivity contribution in [3.8, 4) is 11.3 Å². The van der Waals surface area contributed by atoms with E-state index < -0.39 is 11.7 Å². The average molecular weight is 364 g/mol. The van der Waals surface area contributed by atoms with Crippen LogP contribution >= 0.6 is 0 Å². The van der Waals surface area contributed by atoms with Crippen LogP contribution in [0.25, 0.3) is 11.3 Å². The molecule has 0 radical (unpaired) electrons. The minimum absolute atomic E-state index is 0.178. The molecule has 1 aromatic carbocycles. The van der Waals surface area contributed by atoms with Gasteiger partial charge in [0.2, 0.25) is 0 Å². The molecular formula is C19H19F3N2O2. The van der Waals surface area contributed by atoms with E-state index in [1.165, 1.54) is 6.07 Å². The van der Waals surface area contributed by atoms with Crippen LogP contribution in [0, 0.1) is 0 Å². The Kier molecular flexibility index (Phi) is 4.26. The predicted molar refractivity (Wildman–Crippen MR) is 89.6 cm³/mol. The van der Waals surface area contributed by atoms with Crippen molar-refractivity contribution >= 4 is 5.91 Å². The maximum absolute atomic E-state index is 12.9. The highest BCUT2D eigenvalue weighted by Crippen LogP contribution is 2.33. The van der Waals surface area contributed by atoms with Gasteiger partial charge in [0, 0.05) is 37.8 Å². The normalized spacial score (nSPS) is 23.1. The quantitative estimate of drug-likeness (QED) is 0.811. The SMILES string of the molecule is O=C(c1ccc(-c2cccc(C(F)(F)F)c2)o1)N1CCN2CCC1CC2. The van der Waals surface area contributed by atoms with E-state index >= 15 is 0 Å². The van der Waals surface area contributed by atoms with Crippen molar-refractivity contribution in [1.82, 2.24) is 9.80 Å². The number of hydrogen-bond donors (Lipinski definition) is 0. The molecule has 0 spiro atoms. The van der Waals surface area contributed by atoms with Crippen LogP contribution in [0.4, 0.5) is 13.2 Å². The summed E-state index contributed by atoms with van der Waals surface area (Å²) in [6.07, 6.45) is -2.51. The van der Waals surface area contributed by atoms with Crippen LogP contribution in [0.3, 0.4) is 0 Å². The van der Waals surface area contributed by atoms with Gasteiger partial charge in [-0.25, -0.2) is 0 Å². The summed E-state index contributed by atoms with van der Waals surface area (Å²) >= 11 is 0. The smallest absolute Gasteiger partial charge is 0.416 e. The third kappa shape index (κ3) is 3.23. The zero-order chi connectivity index (χ0) is 18.3. The van der Waals surface area contributed by atoms with Gasteiger partial charge in [-0.1, -0.05) is 12.1 Å². The Bertz CT molecular complexity index is 807. The minimum atomic E-state index is -4.42. The lowest BCUT2D eigenvalue weighted by molar-refractivity contribution is -0.137. The fourth-order valence-electron chi connectivity index (χ4n) is 3.75. The van der Waals surface area contributed by atoms with Crippen molar-refractivity contribution in [2.45, 2.75) is 25.1 Å². The van der Waals surface area contributed by atoms with E-state index in [9.17, 15) is 18.0 Å². The van der Waals surface area contributed by atoms with Gasteiger partial charge in [0.1, 0.15) is 5.76 Å². The van der Waals surface area contributed by atoms with Gasteiger partial charge in [0.15, 0.2) is 5.76 Å². The van der Waals surface area contributed by atoms with E-state index in [2.05, 4.69) is 4.90 Å². The maximum atomic E-state index is 12.9. The molecule has 1 aromatic heterocycles. The van der Waals surface area contributed by atoms with Crippen molar-refractivity contribution in [3.63, 3.8) is 0 Å². The third-order valence-electron chi connectivity index (χ3n) is 5.21. The molecule has 0 N–H and O–H groups in total. The van der Waals surface area contributed by atoms with Crippen LogP contribution in [-0.2, 0) is 6.18 Å². The monoisotopic (exact) mass is 364 g/mol. The fourth-order valence-corrected chi connectivity index (χ4v) is 3.75. The topological polar surface area (TPSA) is 36.7 Å². The van der Waals surface area contributed by atoms with E-state index in [4.69, 9.17) is 4.42 Å². The molecule has 3 saturated heterocycles. The number of piperidine rings is 1. The van der Waals surface area contributed by atoms with Crippen molar-refractivity contribution in [3.05, 3.63) is 47.7 Å². The number of carbonyl (C=O) groups is 1. The maximum Gasteiger partial charge on any atom is 0.416 e. The highest BCUT2D eigenvalue weighted by atomic mass is 19.4. The number of alkyl halides is 3. The molecule has 1 amide bonds. The molecule has 26 heavy (non-hydrogen) atoms. The molecule has 0 unspecified atom stereocenters. The van der Waals surface area contributed by atoms with E-state index in [1.54, 1.807) is 18.2 Å². The zero-order valence-electron chi connectivity index (χ0n) is 14.1. The van der Waals surface area contributed by atoms with Gasteiger partial charge in [-0.3, -0.25) is 4.79 Å². The number of carbonyl (C=O) groups excluding carboxylic acids is 1. The van der Waals surface area contributed by atoms with Gasteiger partial charge in [0.05, 0.1) is 5.56 Å². The summed E-state index contributed by atoms with van der Waals surface area (Å²) in [5.74, 6) is 0.261. The van der Waals surface area contributed by atoms with Crippen molar-refractivity contribution < 1.29 is 22.4 Å². The number of halogens is 3. The summed E-state index contributed by atoms with van der Waals surface area (Å²) in [4.78, 5) is 17.0. The van der Waals surface area contributed by atoms with E-state index in [0.717, 1.165) is 44.6 Å². The second-order valence-corrected chi connectivity index (χ2v) is 6.81. The highest BCUT2D eigenvalue weighted by molar-refractivity contribution is 5.92. The molecule has 3 fully saturated rings. The van der Waals surface area contributed by atoms with Crippen molar-refractivity contribution in [2.24, 2.45) is 0 Å². The molecule has 2 bridgehead atoms. The molecule has 0 aliphatic carbocycles. The van der Waals surface area contributed by atoms with Crippen LogP contribution in [0.1, 0.15) is 29.0 Å². The van der Waals surface area contributed by atoms with Crippen LogP contribution in [0.2, 0.25) is 0 Å². The van der Waals surface area contributed by atoms with Gasteiger partial charge >= 0.3 is 6.18 Å². The Hall–Kier alpha value is -2.28. The number of amides is 1. The van der Waals surface area contributed by atoms with E-state index in [-0.39, 0.29) is 23.5 Å². The van der Waals surface area contributed by atoms with Crippen molar-refractivity contribution in [1.29, 1.82) is 0 Å². The number of fused-ring (bicyclic) bond motifs is 4. The van der Waals surface area contributed by atoms with Gasteiger partial charge in [-0.05, 0) is 37.1 Å². The number of hydrogen-bond acceptors (Lipinski definition) is 3. The first-order chi connectivity index (χ1) is 12.4.